The van der Waals surface area contributed by atoms with E-state index in [1.54, 1.807) is 32.1 Å². The molecule has 0 spiro atoms. The normalized spacial score (nSPS) is 32.7. The molecule has 0 aromatic rings. The number of ether oxygens (including phenoxy) is 4. The minimum atomic E-state index is -1.00. The van der Waals surface area contributed by atoms with Crippen LogP contribution in [0.4, 0.5) is 4.79 Å². The smallest absolute Gasteiger partial charge is 0.405 e. The average Bonchev–Trinajstić information content (AvgIpc) is 2.90. The van der Waals surface area contributed by atoms with Crippen molar-refractivity contribution in [3.63, 3.8) is 0 Å². The van der Waals surface area contributed by atoms with E-state index in [1.165, 1.54) is 34.3 Å². The first kappa shape index (κ1) is 32.7. The first-order valence-corrected chi connectivity index (χ1v) is 13.0. The van der Waals surface area contributed by atoms with E-state index in [0.29, 0.717) is 12.0 Å². The fourth-order valence-corrected chi connectivity index (χ4v) is 4.78. The van der Waals surface area contributed by atoms with E-state index < -0.39 is 53.9 Å². The van der Waals surface area contributed by atoms with Gasteiger partial charge in [-0.2, -0.15) is 0 Å². The lowest BCUT2D eigenvalue weighted by molar-refractivity contribution is -0.120. The molecule has 0 radical (unpaired) electrons. The minimum Gasteiger partial charge on any atom is -0.492 e. The molecule has 0 saturated heterocycles. The van der Waals surface area contributed by atoms with E-state index in [0.717, 1.165) is 6.08 Å². The van der Waals surface area contributed by atoms with Gasteiger partial charge in [-0.25, -0.2) is 4.79 Å². The van der Waals surface area contributed by atoms with Crippen LogP contribution in [-0.4, -0.2) is 74.4 Å². The van der Waals surface area contributed by atoms with Gasteiger partial charge in [0.2, 0.25) is 11.6 Å². The third-order valence-corrected chi connectivity index (χ3v) is 6.95. The summed E-state index contributed by atoms with van der Waals surface area (Å²) < 4.78 is 21.7. The maximum absolute atomic E-state index is 13.3. The number of carbonyl (C=O) groups excluding carboxylic acids is 4. The minimum absolute atomic E-state index is 0.0801. The molecular formula is C29H40N2O9. The van der Waals surface area contributed by atoms with Gasteiger partial charge in [-0.05, 0) is 38.2 Å². The van der Waals surface area contributed by atoms with Crippen molar-refractivity contribution in [2.45, 2.75) is 65.0 Å². The summed E-state index contributed by atoms with van der Waals surface area (Å²) in [4.78, 5) is 50.6. The molecule has 11 heteroatoms. The molecule has 11 nitrogen and oxygen atoms in total. The number of nitrogens with one attached hydrogen (secondary N) is 1. The number of nitrogens with two attached hydrogens (primary N) is 1. The fourth-order valence-electron chi connectivity index (χ4n) is 4.78. The predicted octanol–water partition coefficient (Wildman–Crippen LogP) is 2.41. The van der Waals surface area contributed by atoms with Gasteiger partial charge in [0.05, 0.1) is 25.0 Å². The van der Waals surface area contributed by atoms with Crippen LogP contribution in [-0.2, 0) is 33.3 Å². The molecule has 1 heterocycles. The van der Waals surface area contributed by atoms with E-state index >= 15 is 0 Å². The van der Waals surface area contributed by atoms with Crippen molar-refractivity contribution in [2.24, 2.45) is 17.6 Å². The number of methoxy groups -OCH3 is 3. The first-order valence-electron chi connectivity index (χ1n) is 13.0. The number of hydrogen-bond acceptors (Lipinski definition) is 9. The number of rotatable bonds is 4. The Balaban J connectivity index is 2.60. The molecule has 0 aromatic heterocycles. The molecule has 0 aromatic carbocycles. The summed E-state index contributed by atoms with van der Waals surface area (Å²) in [5, 5.41) is 13.7. The quantitative estimate of drug-likeness (QED) is 0.346. The SMILES string of the molecule is COC1=C2C[C@H](C)C[C@H](OC)[C@H](O)[C@H](C)/C=C(\C)[C@H](OC(N)=O)[C@@H](OC)/C=C/C=C(/C)C(=O)NC(=CC1=O)C2=O. The number of amides is 2. The van der Waals surface area contributed by atoms with Crippen LogP contribution in [0.3, 0.4) is 0 Å². The monoisotopic (exact) mass is 560 g/mol. The summed E-state index contributed by atoms with van der Waals surface area (Å²) in [5.41, 5.74) is 6.12. The van der Waals surface area contributed by atoms with Crippen LogP contribution in [0, 0.1) is 11.8 Å². The number of carbonyl (C=O) groups is 4. The van der Waals surface area contributed by atoms with Crippen molar-refractivity contribution in [3.8, 4) is 0 Å². The third kappa shape index (κ3) is 8.23. The number of aliphatic hydroxyl groups excluding tert-OH is 1. The van der Waals surface area contributed by atoms with Crippen LogP contribution in [0.5, 0.6) is 0 Å². The van der Waals surface area contributed by atoms with Gasteiger partial charge in [-0.3, -0.25) is 14.4 Å². The first-order chi connectivity index (χ1) is 18.8. The number of hydrogen-bond donors (Lipinski definition) is 3. The van der Waals surface area contributed by atoms with Crippen LogP contribution in [0.25, 0.3) is 0 Å². The van der Waals surface area contributed by atoms with Crippen LogP contribution in [0.15, 0.2) is 58.6 Å². The zero-order valence-electron chi connectivity index (χ0n) is 24.1. The summed E-state index contributed by atoms with van der Waals surface area (Å²) in [6.07, 6.45) is 3.61. The number of allylic oxidation sites excluding steroid dienone is 4. The molecule has 0 saturated carbocycles. The fraction of sp³-hybridized carbons (Fsp3) is 0.517. The Morgan fingerprint density at radius 1 is 1.10 bits per heavy atom. The average molecular weight is 561 g/mol. The topological polar surface area (TPSA) is 163 Å². The van der Waals surface area contributed by atoms with Gasteiger partial charge in [0, 0.05) is 37.4 Å². The molecule has 0 fully saturated rings. The van der Waals surface area contributed by atoms with E-state index in [-0.39, 0.29) is 34.9 Å². The summed E-state index contributed by atoms with van der Waals surface area (Å²) in [6, 6.07) is 0. The van der Waals surface area contributed by atoms with Crippen molar-refractivity contribution in [2.75, 3.05) is 21.3 Å². The number of ketones is 2. The Morgan fingerprint density at radius 2 is 1.77 bits per heavy atom. The summed E-state index contributed by atoms with van der Waals surface area (Å²) in [5.74, 6) is -2.39. The van der Waals surface area contributed by atoms with Gasteiger partial charge >= 0.3 is 6.09 Å². The van der Waals surface area contributed by atoms with Gasteiger partial charge in [-0.1, -0.05) is 38.2 Å². The molecule has 2 bridgehead atoms. The van der Waals surface area contributed by atoms with Gasteiger partial charge in [-0.15, -0.1) is 0 Å². The molecule has 2 aliphatic rings. The van der Waals surface area contributed by atoms with Crippen LogP contribution in [0.2, 0.25) is 0 Å². The molecule has 6 atom stereocenters. The molecule has 2 amide bonds. The van der Waals surface area contributed by atoms with Crippen molar-refractivity contribution in [1.29, 1.82) is 0 Å². The number of fused-ring (bicyclic) bond motifs is 2. The molecular weight excluding hydrogens is 520 g/mol. The van der Waals surface area contributed by atoms with E-state index in [1.807, 2.05) is 6.92 Å². The summed E-state index contributed by atoms with van der Waals surface area (Å²) in [7, 11) is 4.21. The molecule has 220 valence electrons. The Morgan fingerprint density at radius 3 is 2.35 bits per heavy atom. The molecule has 0 unspecified atom stereocenters. The standard InChI is InChI=1S/C29H40N2O9/c1-15-11-19-25(34)20(14-21(32)27(19)39-7)31-28(35)16(2)9-8-10-22(37-5)26(40-29(30)36)18(4)13-17(3)24(33)23(12-15)38-6/h8-10,13-15,17,22-24,26,33H,11-12H2,1-7H3,(H2,30,36)(H,31,35)/b10-8+,16-9-,18-13+/t15-,17+,22-,23-,24+,26-/m0/s1. The highest BCUT2D eigenvalue weighted by Gasteiger charge is 2.34. The summed E-state index contributed by atoms with van der Waals surface area (Å²) in [6.45, 7) is 6.92. The third-order valence-electron chi connectivity index (χ3n) is 6.95. The van der Waals surface area contributed by atoms with E-state index in [4.69, 9.17) is 24.7 Å². The maximum Gasteiger partial charge on any atom is 0.405 e. The van der Waals surface area contributed by atoms with Crippen LogP contribution >= 0.6 is 0 Å². The van der Waals surface area contributed by atoms with Crippen LogP contribution < -0.4 is 11.1 Å². The highest BCUT2D eigenvalue weighted by Crippen LogP contribution is 2.29. The predicted molar refractivity (Wildman–Crippen MR) is 147 cm³/mol. The van der Waals surface area contributed by atoms with Gasteiger partial charge in [0.15, 0.2) is 11.9 Å². The lowest BCUT2D eigenvalue weighted by atomic mass is 9.85. The van der Waals surface area contributed by atoms with Gasteiger partial charge in [0.1, 0.15) is 6.10 Å². The highest BCUT2D eigenvalue weighted by atomic mass is 16.6. The molecule has 2 rings (SSSR count). The lowest BCUT2D eigenvalue weighted by Gasteiger charge is -2.29. The Bertz CT molecular complexity index is 1150. The number of primary amides is 1. The Hall–Kier alpha value is -3.54. The van der Waals surface area contributed by atoms with Crippen molar-refractivity contribution in [1.82, 2.24) is 5.32 Å². The van der Waals surface area contributed by atoms with Gasteiger partial charge in [0.25, 0.3) is 5.91 Å². The Labute approximate surface area is 234 Å². The molecule has 1 aliphatic heterocycles. The van der Waals surface area contributed by atoms with Crippen LogP contribution in [0.1, 0.15) is 40.5 Å². The largest absolute Gasteiger partial charge is 0.492 e. The molecule has 1 aliphatic carbocycles. The number of Topliss-reactive ketones (excluding diaryl/α,β-unsaturated/α-hetero) is 1. The highest BCUT2D eigenvalue weighted by molar-refractivity contribution is 6.23. The van der Waals surface area contributed by atoms with Crippen molar-refractivity contribution < 1.29 is 43.2 Å². The maximum atomic E-state index is 13.3. The van der Waals surface area contributed by atoms with Gasteiger partial charge < -0.3 is 35.1 Å². The number of aliphatic hydroxyl groups is 1. The Kier molecular flexibility index (Phi) is 12.0. The molecule has 40 heavy (non-hydrogen) atoms. The van der Waals surface area contributed by atoms with E-state index in [9.17, 15) is 24.3 Å². The lowest BCUT2D eigenvalue weighted by Crippen LogP contribution is -2.37. The second-order valence-electron chi connectivity index (χ2n) is 10.1. The van der Waals surface area contributed by atoms with Crippen molar-refractivity contribution in [3.05, 3.63) is 58.6 Å². The van der Waals surface area contributed by atoms with E-state index in [2.05, 4.69) is 5.32 Å². The summed E-state index contributed by atoms with van der Waals surface area (Å²) >= 11 is 0. The zero-order chi connectivity index (χ0) is 30.1. The van der Waals surface area contributed by atoms with Crippen molar-refractivity contribution >= 4 is 23.6 Å². The second kappa shape index (κ2) is 14.7. The zero-order valence-corrected chi connectivity index (χ0v) is 24.1. The molecule has 4 N–H and O–H groups in total. The second-order valence-corrected chi connectivity index (χ2v) is 10.1.